The topological polar surface area (TPSA) is 49.6 Å². The molecule has 1 fully saturated rings. The molecule has 2 atom stereocenters. The van der Waals surface area contributed by atoms with Crippen molar-refractivity contribution in [1.82, 2.24) is 9.80 Å². The first-order valence-electron chi connectivity index (χ1n) is 6.46. The molecule has 0 saturated carbocycles. The fraction of sp³-hybridized carbons (Fsp3) is 0.923. The lowest BCUT2D eigenvalue weighted by Gasteiger charge is -2.31. The van der Waals surface area contributed by atoms with Gasteiger partial charge in [0.15, 0.2) is 0 Å². The zero-order valence-corrected chi connectivity index (χ0v) is 11.9. The van der Waals surface area contributed by atoms with Crippen LogP contribution in [0.15, 0.2) is 0 Å². The maximum absolute atomic E-state index is 12.5. The summed E-state index contributed by atoms with van der Waals surface area (Å²) in [6, 6.07) is -0.0184. The van der Waals surface area contributed by atoms with Gasteiger partial charge in [-0.05, 0) is 38.4 Å². The Balaban J connectivity index is 2.71. The average molecular weight is 241 g/mol. The van der Waals surface area contributed by atoms with Gasteiger partial charge in [-0.3, -0.25) is 9.69 Å². The highest BCUT2D eigenvalue weighted by atomic mass is 16.2. The van der Waals surface area contributed by atoms with Crippen LogP contribution in [0, 0.1) is 11.3 Å². The van der Waals surface area contributed by atoms with Crippen LogP contribution >= 0.6 is 0 Å². The summed E-state index contributed by atoms with van der Waals surface area (Å²) in [5.41, 5.74) is 5.89. The number of nitrogens with zero attached hydrogens (tertiary/aromatic N) is 2. The van der Waals surface area contributed by atoms with E-state index in [-0.39, 0.29) is 17.4 Å². The standard InChI is InChI=1S/C13H27N3O/c1-10(2)11(15(4)5)12(17)16-7-6-13(3,8-14)9-16/h10-11H,6-9,14H2,1-5H3. The third-order valence-electron chi connectivity index (χ3n) is 3.80. The third kappa shape index (κ3) is 3.19. The number of hydrogen-bond acceptors (Lipinski definition) is 3. The van der Waals surface area contributed by atoms with Crippen LogP contribution in [0.3, 0.4) is 0 Å². The third-order valence-corrected chi connectivity index (χ3v) is 3.80. The van der Waals surface area contributed by atoms with Crippen molar-refractivity contribution in [3.05, 3.63) is 0 Å². The van der Waals surface area contributed by atoms with E-state index in [9.17, 15) is 4.79 Å². The van der Waals surface area contributed by atoms with Crippen LogP contribution in [-0.2, 0) is 4.79 Å². The molecule has 1 heterocycles. The van der Waals surface area contributed by atoms with Crippen molar-refractivity contribution in [2.24, 2.45) is 17.1 Å². The molecule has 2 N–H and O–H groups in total. The Kier molecular flexibility index (Phi) is 4.55. The molecular weight excluding hydrogens is 214 g/mol. The van der Waals surface area contributed by atoms with E-state index in [0.717, 1.165) is 19.5 Å². The first-order valence-corrected chi connectivity index (χ1v) is 6.46. The molecule has 0 aromatic rings. The Hall–Kier alpha value is -0.610. The van der Waals surface area contributed by atoms with Crippen molar-refractivity contribution >= 4 is 5.91 Å². The maximum atomic E-state index is 12.5. The quantitative estimate of drug-likeness (QED) is 0.791. The predicted molar refractivity (Wildman–Crippen MR) is 70.7 cm³/mol. The van der Waals surface area contributed by atoms with Gasteiger partial charge >= 0.3 is 0 Å². The number of nitrogens with two attached hydrogens (primary N) is 1. The van der Waals surface area contributed by atoms with Crippen molar-refractivity contribution < 1.29 is 4.79 Å². The minimum atomic E-state index is -0.0184. The van der Waals surface area contributed by atoms with Crippen molar-refractivity contribution in [2.45, 2.75) is 33.2 Å². The molecular formula is C13H27N3O. The normalized spacial score (nSPS) is 26.9. The molecule has 17 heavy (non-hydrogen) atoms. The zero-order chi connectivity index (χ0) is 13.2. The van der Waals surface area contributed by atoms with E-state index in [1.54, 1.807) is 0 Å². The largest absolute Gasteiger partial charge is 0.341 e. The number of likely N-dealkylation sites (N-methyl/N-ethyl adjacent to an activating group) is 1. The summed E-state index contributed by atoms with van der Waals surface area (Å²) in [4.78, 5) is 16.5. The Morgan fingerprint density at radius 2 is 2.06 bits per heavy atom. The van der Waals surface area contributed by atoms with Gasteiger partial charge in [-0.15, -0.1) is 0 Å². The van der Waals surface area contributed by atoms with Crippen LogP contribution in [0.25, 0.3) is 0 Å². The lowest BCUT2D eigenvalue weighted by Crippen LogP contribution is -2.48. The molecule has 0 aliphatic carbocycles. The molecule has 1 aliphatic rings. The first-order chi connectivity index (χ1) is 7.80. The van der Waals surface area contributed by atoms with Crippen molar-refractivity contribution in [2.75, 3.05) is 33.7 Å². The van der Waals surface area contributed by atoms with Gasteiger partial charge in [-0.1, -0.05) is 20.8 Å². The van der Waals surface area contributed by atoms with Crippen molar-refractivity contribution in [3.63, 3.8) is 0 Å². The molecule has 1 aliphatic heterocycles. The fourth-order valence-corrected chi connectivity index (χ4v) is 2.67. The molecule has 0 spiro atoms. The van der Waals surface area contributed by atoms with E-state index in [1.807, 2.05) is 23.9 Å². The Bertz CT molecular complexity index is 270. The highest BCUT2D eigenvalue weighted by molar-refractivity contribution is 5.82. The summed E-state index contributed by atoms with van der Waals surface area (Å²) < 4.78 is 0. The summed E-state index contributed by atoms with van der Waals surface area (Å²) in [6.45, 7) is 8.68. The lowest BCUT2D eigenvalue weighted by molar-refractivity contribution is -0.136. The van der Waals surface area contributed by atoms with Gasteiger partial charge in [-0.2, -0.15) is 0 Å². The molecule has 1 saturated heterocycles. The molecule has 0 aromatic carbocycles. The molecule has 4 heteroatoms. The van der Waals surface area contributed by atoms with Gasteiger partial charge in [0, 0.05) is 13.1 Å². The first kappa shape index (κ1) is 14.5. The smallest absolute Gasteiger partial charge is 0.240 e. The number of amides is 1. The molecule has 0 bridgehead atoms. The Morgan fingerprint density at radius 3 is 2.41 bits per heavy atom. The van der Waals surface area contributed by atoms with Crippen LogP contribution in [0.4, 0.5) is 0 Å². The second-order valence-corrected chi connectivity index (χ2v) is 6.18. The van der Waals surface area contributed by atoms with Gasteiger partial charge < -0.3 is 10.6 Å². The van der Waals surface area contributed by atoms with Crippen molar-refractivity contribution in [3.8, 4) is 0 Å². The van der Waals surface area contributed by atoms with Crippen LogP contribution in [0.1, 0.15) is 27.2 Å². The van der Waals surface area contributed by atoms with Gasteiger partial charge in [0.2, 0.25) is 5.91 Å². The number of rotatable bonds is 4. The van der Waals surface area contributed by atoms with Crippen LogP contribution < -0.4 is 5.73 Å². The Morgan fingerprint density at radius 1 is 1.47 bits per heavy atom. The summed E-state index contributed by atoms with van der Waals surface area (Å²) in [7, 11) is 3.95. The number of carbonyl (C=O) groups is 1. The highest BCUT2D eigenvalue weighted by Crippen LogP contribution is 2.29. The molecule has 0 aromatic heterocycles. The number of carbonyl (C=O) groups excluding carboxylic acids is 1. The van der Waals surface area contributed by atoms with Crippen LogP contribution in [0.5, 0.6) is 0 Å². The predicted octanol–water partition coefficient (Wildman–Crippen LogP) is 0.770. The fourth-order valence-electron chi connectivity index (χ4n) is 2.67. The van der Waals surface area contributed by atoms with E-state index in [4.69, 9.17) is 5.73 Å². The number of likely N-dealkylation sites (tertiary alicyclic amines) is 1. The lowest BCUT2D eigenvalue weighted by atomic mass is 9.90. The van der Waals surface area contributed by atoms with E-state index in [2.05, 4.69) is 20.8 Å². The zero-order valence-electron chi connectivity index (χ0n) is 11.9. The molecule has 1 rings (SSSR count). The Labute approximate surface area is 105 Å². The summed E-state index contributed by atoms with van der Waals surface area (Å²) in [6.07, 6.45) is 1.02. The maximum Gasteiger partial charge on any atom is 0.240 e. The van der Waals surface area contributed by atoms with Crippen LogP contribution in [0.2, 0.25) is 0 Å². The molecule has 2 unspecified atom stereocenters. The monoisotopic (exact) mass is 241 g/mol. The average Bonchev–Trinajstić information content (AvgIpc) is 2.61. The second kappa shape index (κ2) is 5.36. The van der Waals surface area contributed by atoms with E-state index in [0.29, 0.717) is 12.5 Å². The van der Waals surface area contributed by atoms with Gasteiger partial charge in [0.1, 0.15) is 0 Å². The van der Waals surface area contributed by atoms with Gasteiger partial charge in [0.05, 0.1) is 6.04 Å². The van der Waals surface area contributed by atoms with Gasteiger partial charge in [-0.25, -0.2) is 0 Å². The van der Waals surface area contributed by atoms with Crippen LogP contribution in [-0.4, -0.2) is 55.5 Å². The minimum absolute atomic E-state index is 0.0184. The summed E-state index contributed by atoms with van der Waals surface area (Å²) >= 11 is 0. The molecule has 100 valence electrons. The van der Waals surface area contributed by atoms with E-state index >= 15 is 0 Å². The molecule has 0 radical (unpaired) electrons. The van der Waals surface area contributed by atoms with Gasteiger partial charge in [0.25, 0.3) is 0 Å². The van der Waals surface area contributed by atoms with E-state index in [1.165, 1.54) is 0 Å². The van der Waals surface area contributed by atoms with Crippen molar-refractivity contribution in [1.29, 1.82) is 0 Å². The summed E-state index contributed by atoms with van der Waals surface area (Å²) in [5, 5.41) is 0. The summed E-state index contributed by atoms with van der Waals surface area (Å²) in [5.74, 6) is 0.587. The molecule has 4 nitrogen and oxygen atoms in total. The second-order valence-electron chi connectivity index (χ2n) is 6.18. The molecule has 1 amide bonds. The minimum Gasteiger partial charge on any atom is -0.341 e. The SMILES string of the molecule is CC(C)C(C(=O)N1CCC(C)(CN)C1)N(C)C. The highest BCUT2D eigenvalue weighted by Gasteiger charge is 2.38. The number of hydrogen-bond donors (Lipinski definition) is 1. The van der Waals surface area contributed by atoms with E-state index < -0.39 is 0 Å².